The van der Waals surface area contributed by atoms with Crippen LogP contribution >= 0.6 is 0 Å². The van der Waals surface area contributed by atoms with E-state index in [0.717, 1.165) is 30.1 Å². The molecular formula is C13H18N2O2. The van der Waals surface area contributed by atoms with Gasteiger partial charge in [0.15, 0.2) is 0 Å². The quantitative estimate of drug-likeness (QED) is 0.684. The van der Waals surface area contributed by atoms with Crippen LogP contribution in [0.3, 0.4) is 0 Å². The highest BCUT2D eigenvalue weighted by Crippen LogP contribution is 2.32. The summed E-state index contributed by atoms with van der Waals surface area (Å²) >= 11 is 0. The summed E-state index contributed by atoms with van der Waals surface area (Å²) in [6.45, 7) is 2.72. The molecule has 17 heavy (non-hydrogen) atoms. The van der Waals surface area contributed by atoms with Gasteiger partial charge in [-0.05, 0) is 37.0 Å². The van der Waals surface area contributed by atoms with Gasteiger partial charge in [-0.2, -0.15) is 0 Å². The van der Waals surface area contributed by atoms with Crippen LogP contribution in [-0.4, -0.2) is 17.6 Å². The van der Waals surface area contributed by atoms with E-state index in [2.05, 4.69) is 5.32 Å². The molecule has 4 nitrogen and oxygen atoms in total. The van der Waals surface area contributed by atoms with Gasteiger partial charge in [0.2, 0.25) is 0 Å². The number of rotatable bonds is 5. The van der Waals surface area contributed by atoms with Crippen molar-refractivity contribution in [2.45, 2.75) is 26.2 Å². The number of aromatic carboxylic acids is 1. The van der Waals surface area contributed by atoms with Gasteiger partial charge in [-0.1, -0.05) is 12.8 Å². The minimum Gasteiger partial charge on any atom is -0.478 e. The lowest BCUT2D eigenvalue weighted by Crippen LogP contribution is -2.08. The molecule has 92 valence electrons. The zero-order valence-corrected chi connectivity index (χ0v) is 9.99. The smallest absolute Gasteiger partial charge is 0.337 e. The van der Waals surface area contributed by atoms with Crippen molar-refractivity contribution in [3.05, 3.63) is 23.3 Å². The number of benzene rings is 1. The Bertz CT molecular complexity index is 439. The fraction of sp³-hybridized carbons (Fsp3) is 0.462. The van der Waals surface area contributed by atoms with Crippen molar-refractivity contribution in [1.82, 2.24) is 0 Å². The van der Waals surface area contributed by atoms with E-state index in [9.17, 15) is 4.79 Å². The van der Waals surface area contributed by atoms with E-state index < -0.39 is 5.97 Å². The summed E-state index contributed by atoms with van der Waals surface area (Å²) in [6, 6.07) is 3.51. The third-order valence-electron chi connectivity index (χ3n) is 3.20. The molecule has 1 aliphatic rings. The van der Waals surface area contributed by atoms with Crippen LogP contribution in [0.1, 0.15) is 35.2 Å². The number of anilines is 2. The topological polar surface area (TPSA) is 75.3 Å². The molecule has 2 rings (SSSR count). The average Bonchev–Trinajstić information content (AvgIpc) is 3.06. The maximum Gasteiger partial charge on any atom is 0.337 e. The van der Waals surface area contributed by atoms with Gasteiger partial charge in [0.05, 0.1) is 5.56 Å². The zero-order chi connectivity index (χ0) is 12.4. The van der Waals surface area contributed by atoms with E-state index in [0.29, 0.717) is 5.69 Å². The summed E-state index contributed by atoms with van der Waals surface area (Å²) in [4.78, 5) is 11.0. The normalized spacial score (nSPS) is 14.6. The van der Waals surface area contributed by atoms with E-state index in [1.54, 1.807) is 6.07 Å². The van der Waals surface area contributed by atoms with E-state index in [4.69, 9.17) is 10.8 Å². The van der Waals surface area contributed by atoms with Crippen LogP contribution < -0.4 is 11.1 Å². The predicted octanol–water partition coefficient (Wildman–Crippen LogP) is 2.49. The molecule has 0 amide bonds. The average molecular weight is 234 g/mol. The second-order valence-corrected chi connectivity index (χ2v) is 4.72. The Morgan fingerprint density at radius 1 is 1.53 bits per heavy atom. The fourth-order valence-electron chi connectivity index (χ4n) is 1.90. The Balaban J connectivity index is 2.07. The van der Waals surface area contributed by atoms with Crippen LogP contribution in [0, 0.1) is 12.8 Å². The predicted molar refractivity (Wildman–Crippen MR) is 68.4 cm³/mol. The molecule has 1 saturated carbocycles. The summed E-state index contributed by atoms with van der Waals surface area (Å²) in [5.74, 6) is -0.104. The highest BCUT2D eigenvalue weighted by Gasteiger charge is 2.20. The van der Waals surface area contributed by atoms with Gasteiger partial charge in [-0.15, -0.1) is 0 Å². The second kappa shape index (κ2) is 4.65. The second-order valence-electron chi connectivity index (χ2n) is 4.72. The van der Waals surface area contributed by atoms with Crippen LogP contribution in [0.2, 0.25) is 0 Å². The monoisotopic (exact) mass is 234 g/mol. The van der Waals surface area contributed by atoms with Gasteiger partial charge in [0.1, 0.15) is 0 Å². The summed E-state index contributed by atoms with van der Waals surface area (Å²) in [7, 11) is 0. The van der Waals surface area contributed by atoms with E-state index >= 15 is 0 Å². The Morgan fingerprint density at radius 2 is 2.24 bits per heavy atom. The number of hydrogen-bond acceptors (Lipinski definition) is 3. The van der Waals surface area contributed by atoms with Gasteiger partial charge in [-0.25, -0.2) is 4.79 Å². The lowest BCUT2D eigenvalue weighted by Gasteiger charge is -2.11. The van der Waals surface area contributed by atoms with Crippen LogP contribution in [0.5, 0.6) is 0 Å². The number of carboxylic acid groups (broad SMARTS) is 1. The van der Waals surface area contributed by atoms with Crippen molar-refractivity contribution in [2.75, 3.05) is 17.6 Å². The highest BCUT2D eigenvalue weighted by atomic mass is 16.4. The molecule has 0 aromatic heterocycles. The number of hydrogen-bond donors (Lipinski definition) is 3. The molecule has 4 N–H and O–H groups in total. The van der Waals surface area contributed by atoms with E-state index in [1.807, 2.05) is 13.0 Å². The molecule has 0 aliphatic heterocycles. The maximum atomic E-state index is 11.0. The molecule has 0 saturated heterocycles. The van der Waals surface area contributed by atoms with Gasteiger partial charge >= 0.3 is 5.97 Å². The van der Waals surface area contributed by atoms with Crippen LogP contribution in [0.25, 0.3) is 0 Å². The molecule has 0 unspecified atom stereocenters. The molecule has 0 spiro atoms. The molecule has 1 aromatic rings. The highest BCUT2D eigenvalue weighted by molar-refractivity contribution is 5.95. The number of carboxylic acids is 1. The van der Waals surface area contributed by atoms with Crippen molar-refractivity contribution in [2.24, 2.45) is 5.92 Å². The molecule has 1 fully saturated rings. The lowest BCUT2D eigenvalue weighted by atomic mass is 10.1. The lowest BCUT2D eigenvalue weighted by molar-refractivity contribution is 0.0698. The van der Waals surface area contributed by atoms with Crippen molar-refractivity contribution < 1.29 is 9.90 Å². The van der Waals surface area contributed by atoms with Crippen LogP contribution in [-0.2, 0) is 0 Å². The largest absolute Gasteiger partial charge is 0.478 e. The first kappa shape index (κ1) is 11.8. The minimum absolute atomic E-state index is 0.180. The van der Waals surface area contributed by atoms with E-state index in [-0.39, 0.29) is 5.56 Å². The Kier molecular flexibility index (Phi) is 3.22. The molecule has 1 aliphatic carbocycles. The summed E-state index contributed by atoms with van der Waals surface area (Å²) in [5, 5.41) is 12.3. The van der Waals surface area contributed by atoms with Crippen molar-refractivity contribution >= 4 is 17.3 Å². The fourth-order valence-corrected chi connectivity index (χ4v) is 1.90. The third-order valence-corrected chi connectivity index (χ3v) is 3.20. The first-order chi connectivity index (χ1) is 8.08. The molecule has 1 aromatic carbocycles. The van der Waals surface area contributed by atoms with Crippen LogP contribution in [0.4, 0.5) is 11.4 Å². The molecular weight excluding hydrogens is 216 g/mol. The van der Waals surface area contributed by atoms with Gasteiger partial charge in [0.25, 0.3) is 0 Å². The minimum atomic E-state index is -0.976. The molecule has 0 heterocycles. The van der Waals surface area contributed by atoms with Gasteiger partial charge in [0, 0.05) is 17.9 Å². The molecule has 0 bridgehead atoms. The number of aryl methyl sites for hydroxylation is 1. The van der Waals surface area contributed by atoms with Crippen molar-refractivity contribution in [3.63, 3.8) is 0 Å². The zero-order valence-electron chi connectivity index (χ0n) is 9.99. The Hall–Kier alpha value is -1.71. The first-order valence-electron chi connectivity index (χ1n) is 5.95. The number of nitrogens with two attached hydrogens (primary N) is 1. The molecule has 0 radical (unpaired) electrons. The van der Waals surface area contributed by atoms with Gasteiger partial charge < -0.3 is 16.2 Å². The third kappa shape index (κ3) is 2.90. The first-order valence-corrected chi connectivity index (χ1v) is 5.95. The Labute approximate surface area is 101 Å². The van der Waals surface area contributed by atoms with E-state index in [1.165, 1.54) is 12.8 Å². The summed E-state index contributed by atoms with van der Waals surface area (Å²) < 4.78 is 0. The number of nitrogen functional groups attached to an aromatic ring is 1. The van der Waals surface area contributed by atoms with Crippen molar-refractivity contribution in [3.8, 4) is 0 Å². The van der Waals surface area contributed by atoms with Crippen LogP contribution in [0.15, 0.2) is 12.1 Å². The standard InChI is InChI=1S/C13H18N2O2/c1-8-6-10(15-5-4-9-2-3-9)7-11(12(8)14)13(16)17/h6-7,9,15H,2-5,14H2,1H3,(H,16,17). The summed E-state index contributed by atoms with van der Waals surface area (Å²) in [6.07, 6.45) is 3.83. The maximum absolute atomic E-state index is 11.0. The number of nitrogens with one attached hydrogen (secondary N) is 1. The summed E-state index contributed by atoms with van der Waals surface area (Å²) in [5.41, 5.74) is 7.91. The molecule has 0 atom stereocenters. The van der Waals surface area contributed by atoms with Crippen molar-refractivity contribution in [1.29, 1.82) is 0 Å². The SMILES string of the molecule is Cc1cc(NCCC2CC2)cc(C(=O)O)c1N. The number of carbonyl (C=O) groups is 1. The van der Waals surface area contributed by atoms with Gasteiger partial charge in [-0.3, -0.25) is 0 Å². The Morgan fingerprint density at radius 3 is 2.82 bits per heavy atom. The molecule has 4 heteroatoms.